The molecule has 0 spiro atoms. The molecule has 2 heterocycles. The molecule has 0 radical (unpaired) electrons. The summed E-state index contributed by atoms with van der Waals surface area (Å²) < 4.78 is 0. The van der Waals surface area contributed by atoms with Crippen molar-refractivity contribution in [1.82, 2.24) is 14.9 Å². The summed E-state index contributed by atoms with van der Waals surface area (Å²) in [5.74, 6) is 1.94. The number of hydrogen-bond acceptors (Lipinski definition) is 5. The van der Waals surface area contributed by atoms with Gasteiger partial charge in [0.15, 0.2) is 0 Å². The number of rotatable bonds is 5. The Kier molecular flexibility index (Phi) is 4.36. The van der Waals surface area contributed by atoms with Crippen LogP contribution in [0.3, 0.4) is 0 Å². The van der Waals surface area contributed by atoms with Crippen LogP contribution >= 0.6 is 0 Å². The van der Waals surface area contributed by atoms with Crippen molar-refractivity contribution in [3.8, 4) is 0 Å². The highest BCUT2D eigenvalue weighted by atomic mass is 15.2. The second-order valence-electron chi connectivity index (χ2n) is 4.94. The summed E-state index contributed by atoms with van der Waals surface area (Å²) in [5, 5.41) is 6.72. The summed E-state index contributed by atoms with van der Waals surface area (Å²) in [6.07, 6.45) is 4.91. The zero-order chi connectivity index (χ0) is 13.0. The lowest BCUT2D eigenvalue weighted by Gasteiger charge is -2.17. The van der Waals surface area contributed by atoms with Crippen LogP contribution in [0.4, 0.5) is 11.6 Å². The molecule has 1 atom stereocenters. The molecule has 1 unspecified atom stereocenters. The molecule has 1 aromatic heterocycles. The third-order valence-electron chi connectivity index (χ3n) is 3.41. The van der Waals surface area contributed by atoms with Crippen LogP contribution in [0.1, 0.15) is 25.3 Å². The van der Waals surface area contributed by atoms with Crippen LogP contribution in [-0.4, -0.2) is 48.1 Å². The van der Waals surface area contributed by atoms with Crippen molar-refractivity contribution in [3.63, 3.8) is 0 Å². The van der Waals surface area contributed by atoms with Crippen molar-refractivity contribution in [1.29, 1.82) is 0 Å². The zero-order valence-corrected chi connectivity index (χ0v) is 11.5. The van der Waals surface area contributed by atoms with E-state index in [0.29, 0.717) is 6.04 Å². The first kappa shape index (κ1) is 13.1. The van der Waals surface area contributed by atoms with Crippen molar-refractivity contribution < 1.29 is 0 Å². The number of anilines is 2. The predicted octanol–water partition coefficient (Wildman–Crippen LogP) is 1.59. The van der Waals surface area contributed by atoms with Gasteiger partial charge in [-0.2, -0.15) is 0 Å². The Labute approximate surface area is 109 Å². The standard InChI is InChI=1S/C13H23N5/c1-4-5-11-12(14-2)15-9-16-13(11)17-10-6-7-18(3)8-10/h9-10H,4-8H2,1-3H3,(H2,14,15,16,17). The van der Waals surface area contributed by atoms with Gasteiger partial charge >= 0.3 is 0 Å². The van der Waals surface area contributed by atoms with Crippen molar-refractivity contribution in [3.05, 3.63) is 11.9 Å². The van der Waals surface area contributed by atoms with Crippen LogP contribution in [0.5, 0.6) is 0 Å². The van der Waals surface area contributed by atoms with Gasteiger partial charge in [-0.25, -0.2) is 9.97 Å². The van der Waals surface area contributed by atoms with Crippen LogP contribution in [0.15, 0.2) is 6.33 Å². The molecule has 1 saturated heterocycles. The summed E-state index contributed by atoms with van der Waals surface area (Å²) >= 11 is 0. The number of nitrogens with zero attached hydrogens (tertiary/aromatic N) is 3. The van der Waals surface area contributed by atoms with Gasteiger partial charge in [-0.05, 0) is 26.4 Å². The Bertz CT molecular complexity index is 393. The van der Waals surface area contributed by atoms with Crippen LogP contribution in [0.25, 0.3) is 0 Å². The molecule has 0 saturated carbocycles. The second-order valence-corrected chi connectivity index (χ2v) is 4.94. The maximum absolute atomic E-state index is 4.41. The largest absolute Gasteiger partial charge is 0.373 e. The number of likely N-dealkylation sites (tertiary alicyclic amines) is 1. The average molecular weight is 249 g/mol. The average Bonchev–Trinajstić information content (AvgIpc) is 2.77. The molecule has 1 fully saturated rings. The van der Waals surface area contributed by atoms with Crippen molar-refractivity contribution in [2.45, 2.75) is 32.2 Å². The number of hydrogen-bond donors (Lipinski definition) is 2. The van der Waals surface area contributed by atoms with E-state index in [9.17, 15) is 0 Å². The molecule has 2 N–H and O–H groups in total. The Morgan fingerprint density at radius 1 is 1.39 bits per heavy atom. The fraction of sp³-hybridized carbons (Fsp3) is 0.692. The van der Waals surface area contributed by atoms with Crippen LogP contribution < -0.4 is 10.6 Å². The Hall–Kier alpha value is -1.36. The highest BCUT2D eigenvalue weighted by molar-refractivity contribution is 5.57. The first-order valence-corrected chi connectivity index (χ1v) is 6.71. The molecular weight excluding hydrogens is 226 g/mol. The van der Waals surface area contributed by atoms with E-state index in [-0.39, 0.29) is 0 Å². The van der Waals surface area contributed by atoms with E-state index in [1.165, 1.54) is 12.0 Å². The van der Waals surface area contributed by atoms with Gasteiger partial charge in [-0.1, -0.05) is 13.3 Å². The second kappa shape index (κ2) is 6.00. The van der Waals surface area contributed by atoms with E-state index >= 15 is 0 Å². The number of likely N-dealkylation sites (N-methyl/N-ethyl adjacent to an activating group) is 1. The van der Waals surface area contributed by atoms with E-state index in [0.717, 1.165) is 37.6 Å². The fourth-order valence-electron chi connectivity index (χ4n) is 2.49. The van der Waals surface area contributed by atoms with Gasteiger partial charge in [0.2, 0.25) is 0 Å². The third-order valence-corrected chi connectivity index (χ3v) is 3.41. The summed E-state index contributed by atoms with van der Waals surface area (Å²) in [7, 11) is 4.07. The van der Waals surface area contributed by atoms with Crippen molar-refractivity contribution in [2.75, 3.05) is 37.8 Å². The van der Waals surface area contributed by atoms with Gasteiger partial charge < -0.3 is 15.5 Å². The summed E-state index contributed by atoms with van der Waals surface area (Å²) in [6.45, 7) is 4.43. The molecule has 1 aliphatic rings. The van der Waals surface area contributed by atoms with Crippen LogP contribution in [-0.2, 0) is 6.42 Å². The maximum Gasteiger partial charge on any atom is 0.134 e. The molecule has 0 aromatic carbocycles. The van der Waals surface area contributed by atoms with Gasteiger partial charge in [-0.15, -0.1) is 0 Å². The van der Waals surface area contributed by atoms with Crippen molar-refractivity contribution >= 4 is 11.6 Å². The molecule has 5 nitrogen and oxygen atoms in total. The summed E-state index contributed by atoms with van der Waals surface area (Å²) in [5.41, 5.74) is 1.21. The molecular formula is C13H23N5. The minimum Gasteiger partial charge on any atom is -0.373 e. The van der Waals surface area contributed by atoms with Gasteiger partial charge in [0.25, 0.3) is 0 Å². The van der Waals surface area contributed by atoms with Crippen molar-refractivity contribution in [2.24, 2.45) is 0 Å². The van der Waals surface area contributed by atoms with Gasteiger partial charge in [0, 0.05) is 25.2 Å². The smallest absolute Gasteiger partial charge is 0.134 e. The topological polar surface area (TPSA) is 53.1 Å². The van der Waals surface area contributed by atoms with Crippen LogP contribution in [0, 0.1) is 0 Å². The predicted molar refractivity (Wildman–Crippen MR) is 75.1 cm³/mol. The Morgan fingerprint density at radius 3 is 2.78 bits per heavy atom. The van der Waals surface area contributed by atoms with E-state index in [4.69, 9.17) is 0 Å². The molecule has 5 heteroatoms. The summed E-state index contributed by atoms with van der Waals surface area (Å²) in [4.78, 5) is 11.1. The molecule has 0 bridgehead atoms. The lowest BCUT2D eigenvalue weighted by molar-refractivity contribution is 0.414. The molecule has 1 aromatic rings. The summed E-state index contributed by atoms with van der Waals surface area (Å²) in [6, 6.07) is 0.505. The van der Waals surface area contributed by atoms with Gasteiger partial charge in [-0.3, -0.25) is 0 Å². The molecule has 0 amide bonds. The fourth-order valence-corrected chi connectivity index (χ4v) is 2.49. The van der Waals surface area contributed by atoms with Gasteiger partial charge in [0.05, 0.1) is 0 Å². The van der Waals surface area contributed by atoms with Gasteiger partial charge in [0.1, 0.15) is 18.0 Å². The molecule has 2 rings (SSSR count). The SMILES string of the molecule is CCCc1c(NC)ncnc1NC1CCN(C)C1. The molecule has 18 heavy (non-hydrogen) atoms. The molecule has 100 valence electrons. The lowest BCUT2D eigenvalue weighted by Crippen LogP contribution is -2.25. The highest BCUT2D eigenvalue weighted by Crippen LogP contribution is 2.23. The van der Waals surface area contributed by atoms with E-state index in [2.05, 4.69) is 39.5 Å². The molecule has 0 aliphatic carbocycles. The Balaban J connectivity index is 2.15. The molecule has 1 aliphatic heterocycles. The quantitative estimate of drug-likeness (QED) is 0.830. The maximum atomic E-state index is 4.41. The third kappa shape index (κ3) is 2.90. The van der Waals surface area contributed by atoms with E-state index in [1.807, 2.05) is 7.05 Å². The van der Waals surface area contributed by atoms with Crippen LogP contribution in [0.2, 0.25) is 0 Å². The minimum absolute atomic E-state index is 0.505. The van der Waals surface area contributed by atoms with E-state index in [1.54, 1.807) is 6.33 Å². The first-order chi connectivity index (χ1) is 8.74. The number of nitrogens with one attached hydrogen (secondary N) is 2. The zero-order valence-electron chi connectivity index (χ0n) is 11.5. The number of aromatic nitrogens is 2. The first-order valence-electron chi connectivity index (χ1n) is 6.71. The van der Waals surface area contributed by atoms with E-state index < -0.39 is 0 Å². The highest BCUT2D eigenvalue weighted by Gasteiger charge is 2.21. The minimum atomic E-state index is 0.505. The monoisotopic (exact) mass is 249 g/mol. The lowest BCUT2D eigenvalue weighted by atomic mass is 10.1. The normalized spacial score (nSPS) is 20.1. The Morgan fingerprint density at radius 2 is 2.17 bits per heavy atom.